The lowest BCUT2D eigenvalue weighted by molar-refractivity contribution is -0.137. The molecule has 102 valence electrons. The molecule has 0 aliphatic heterocycles. The topological polar surface area (TPSA) is 20.2 Å². The summed E-state index contributed by atoms with van der Waals surface area (Å²) in [6, 6.07) is 6.82. The fourth-order valence-corrected chi connectivity index (χ4v) is 2.53. The lowest BCUT2D eigenvalue weighted by Crippen LogP contribution is -2.07. The van der Waals surface area contributed by atoms with Crippen molar-refractivity contribution in [3.05, 3.63) is 57.8 Å². The third kappa shape index (κ3) is 3.81. The van der Waals surface area contributed by atoms with Gasteiger partial charge in [0, 0.05) is 0 Å². The van der Waals surface area contributed by atoms with Crippen molar-refractivity contribution in [1.29, 1.82) is 0 Å². The Morgan fingerprint density at radius 3 is 2.63 bits per heavy atom. The normalized spacial score (nSPS) is 13.5. The molecule has 0 bridgehead atoms. The van der Waals surface area contributed by atoms with Crippen LogP contribution in [0.5, 0.6) is 0 Å². The molecule has 1 nitrogen and oxygen atoms in total. The van der Waals surface area contributed by atoms with Crippen molar-refractivity contribution in [1.82, 2.24) is 0 Å². The second-order valence-corrected chi connectivity index (χ2v) is 5.09. The molecule has 19 heavy (non-hydrogen) atoms. The Hall–Kier alpha value is -1.33. The summed E-state index contributed by atoms with van der Waals surface area (Å²) in [4.78, 5) is 0. The molecule has 0 saturated heterocycles. The first kappa shape index (κ1) is 14.1. The van der Waals surface area contributed by atoms with E-state index in [9.17, 15) is 18.3 Å². The second kappa shape index (κ2) is 5.75. The number of aliphatic hydroxyl groups excluding tert-OH is 1. The lowest BCUT2D eigenvalue weighted by atomic mass is 10.0. The smallest absolute Gasteiger partial charge is 0.388 e. The fraction of sp³-hybridized carbons (Fsp3) is 0.286. The molecule has 0 spiro atoms. The zero-order valence-corrected chi connectivity index (χ0v) is 10.8. The number of rotatable bonds is 4. The van der Waals surface area contributed by atoms with E-state index >= 15 is 0 Å². The first-order valence-electron chi connectivity index (χ1n) is 5.83. The summed E-state index contributed by atoms with van der Waals surface area (Å²) in [5.74, 6) is 0. The average molecular weight is 286 g/mol. The minimum absolute atomic E-state index is 0.310. The summed E-state index contributed by atoms with van der Waals surface area (Å²) in [6.45, 7) is 0. The SMILES string of the molecule is OC(CCc1ccsc1)c1cccc(C(F)(F)F)c1. The van der Waals surface area contributed by atoms with Gasteiger partial charge in [-0.1, -0.05) is 12.1 Å². The van der Waals surface area contributed by atoms with Crippen molar-refractivity contribution < 1.29 is 18.3 Å². The molecule has 1 aromatic heterocycles. The van der Waals surface area contributed by atoms with E-state index in [-0.39, 0.29) is 0 Å². The Morgan fingerprint density at radius 1 is 1.21 bits per heavy atom. The Labute approximate surface area is 113 Å². The third-order valence-electron chi connectivity index (χ3n) is 2.89. The highest BCUT2D eigenvalue weighted by molar-refractivity contribution is 7.07. The Morgan fingerprint density at radius 2 is 2.00 bits per heavy atom. The van der Waals surface area contributed by atoms with Crippen LogP contribution in [0.2, 0.25) is 0 Å². The Kier molecular flexibility index (Phi) is 4.27. The largest absolute Gasteiger partial charge is 0.416 e. The zero-order valence-electron chi connectivity index (χ0n) is 10.0. The van der Waals surface area contributed by atoms with E-state index < -0.39 is 17.8 Å². The van der Waals surface area contributed by atoms with Crippen LogP contribution in [0, 0.1) is 0 Å². The van der Waals surface area contributed by atoms with E-state index in [4.69, 9.17) is 0 Å². The first-order valence-corrected chi connectivity index (χ1v) is 6.77. The summed E-state index contributed by atoms with van der Waals surface area (Å²) in [7, 11) is 0. The highest BCUT2D eigenvalue weighted by Gasteiger charge is 2.30. The highest BCUT2D eigenvalue weighted by Crippen LogP contribution is 2.31. The van der Waals surface area contributed by atoms with E-state index in [2.05, 4.69) is 0 Å². The number of thiophene rings is 1. The molecule has 0 fully saturated rings. The van der Waals surface area contributed by atoms with Crippen LogP contribution < -0.4 is 0 Å². The van der Waals surface area contributed by atoms with Gasteiger partial charge < -0.3 is 5.11 Å². The molecule has 0 aliphatic carbocycles. The van der Waals surface area contributed by atoms with Gasteiger partial charge in [-0.05, 0) is 52.9 Å². The number of aliphatic hydroxyl groups is 1. The molecular formula is C14H13F3OS. The zero-order chi connectivity index (χ0) is 13.9. The van der Waals surface area contributed by atoms with Crippen LogP contribution in [0.25, 0.3) is 0 Å². The molecular weight excluding hydrogens is 273 g/mol. The summed E-state index contributed by atoms with van der Waals surface area (Å²) >= 11 is 1.56. The average Bonchev–Trinajstić information content (AvgIpc) is 2.88. The van der Waals surface area contributed by atoms with Gasteiger partial charge >= 0.3 is 6.18 Å². The van der Waals surface area contributed by atoms with Crippen LogP contribution in [-0.4, -0.2) is 5.11 Å². The van der Waals surface area contributed by atoms with Crippen LogP contribution in [0.4, 0.5) is 13.2 Å². The van der Waals surface area contributed by atoms with Gasteiger partial charge in [-0.2, -0.15) is 24.5 Å². The molecule has 1 N–H and O–H groups in total. The molecule has 1 unspecified atom stereocenters. The molecule has 5 heteroatoms. The molecule has 2 aromatic rings. The summed E-state index contributed by atoms with van der Waals surface area (Å²) in [5.41, 5.74) is 0.681. The number of halogens is 3. The molecule has 0 radical (unpaired) electrons. The molecule has 2 rings (SSSR count). The fourth-order valence-electron chi connectivity index (χ4n) is 1.83. The maximum absolute atomic E-state index is 12.6. The van der Waals surface area contributed by atoms with Crippen molar-refractivity contribution in [2.75, 3.05) is 0 Å². The van der Waals surface area contributed by atoms with Crippen LogP contribution in [0.3, 0.4) is 0 Å². The van der Waals surface area contributed by atoms with Crippen molar-refractivity contribution in [2.45, 2.75) is 25.1 Å². The number of hydrogen-bond acceptors (Lipinski definition) is 2. The number of alkyl halides is 3. The first-order chi connectivity index (χ1) is 8.97. The molecule has 0 amide bonds. The van der Waals surface area contributed by atoms with Crippen LogP contribution in [-0.2, 0) is 12.6 Å². The number of aryl methyl sites for hydroxylation is 1. The summed E-state index contributed by atoms with van der Waals surface area (Å²) in [5, 5.41) is 13.9. The van der Waals surface area contributed by atoms with Crippen LogP contribution in [0.15, 0.2) is 41.1 Å². The van der Waals surface area contributed by atoms with Gasteiger partial charge in [0.15, 0.2) is 0 Å². The van der Waals surface area contributed by atoms with Crippen molar-refractivity contribution in [3.8, 4) is 0 Å². The van der Waals surface area contributed by atoms with E-state index in [0.717, 1.165) is 17.7 Å². The predicted octanol–water partition coefficient (Wildman–Crippen LogP) is 4.43. The van der Waals surface area contributed by atoms with E-state index in [1.54, 1.807) is 11.3 Å². The van der Waals surface area contributed by atoms with Gasteiger partial charge in [0.05, 0.1) is 11.7 Å². The molecule has 0 aliphatic rings. The van der Waals surface area contributed by atoms with Gasteiger partial charge in [-0.3, -0.25) is 0 Å². The summed E-state index contributed by atoms with van der Waals surface area (Å²) < 4.78 is 37.7. The summed E-state index contributed by atoms with van der Waals surface area (Å²) in [6.07, 6.45) is -4.18. The molecule has 0 saturated carbocycles. The Bertz CT molecular complexity index is 520. The maximum Gasteiger partial charge on any atom is 0.416 e. The Balaban J connectivity index is 2.04. The van der Waals surface area contributed by atoms with Crippen LogP contribution in [0.1, 0.15) is 29.2 Å². The second-order valence-electron chi connectivity index (χ2n) is 4.31. The van der Waals surface area contributed by atoms with E-state index in [1.165, 1.54) is 12.1 Å². The van der Waals surface area contributed by atoms with Gasteiger partial charge in [0.2, 0.25) is 0 Å². The highest BCUT2D eigenvalue weighted by atomic mass is 32.1. The monoisotopic (exact) mass is 286 g/mol. The maximum atomic E-state index is 12.6. The van der Waals surface area contributed by atoms with Crippen molar-refractivity contribution in [3.63, 3.8) is 0 Å². The molecule has 1 aromatic carbocycles. The minimum Gasteiger partial charge on any atom is -0.388 e. The molecule has 1 atom stereocenters. The van der Waals surface area contributed by atoms with Crippen molar-refractivity contribution >= 4 is 11.3 Å². The third-order valence-corrected chi connectivity index (χ3v) is 3.62. The van der Waals surface area contributed by atoms with Gasteiger partial charge in [0.1, 0.15) is 0 Å². The van der Waals surface area contributed by atoms with Crippen molar-refractivity contribution in [2.24, 2.45) is 0 Å². The van der Waals surface area contributed by atoms with E-state index in [0.29, 0.717) is 18.4 Å². The number of benzene rings is 1. The van der Waals surface area contributed by atoms with Gasteiger partial charge in [-0.15, -0.1) is 0 Å². The van der Waals surface area contributed by atoms with E-state index in [1.807, 2.05) is 16.8 Å². The standard InChI is InChI=1S/C14H13F3OS/c15-14(16,17)12-3-1-2-11(8-12)13(18)5-4-10-6-7-19-9-10/h1-3,6-9,13,18H,4-5H2. The lowest BCUT2D eigenvalue weighted by Gasteiger charge is -2.13. The van der Waals surface area contributed by atoms with Gasteiger partial charge in [-0.25, -0.2) is 0 Å². The van der Waals surface area contributed by atoms with Gasteiger partial charge in [0.25, 0.3) is 0 Å². The number of hydrogen-bond donors (Lipinski definition) is 1. The molecule has 1 heterocycles. The van der Waals surface area contributed by atoms with Crippen LogP contribution >= 0.6 is 11.3 Å². The minimum atomic E-state index is -4.37. The predicted molar refractivity (Wildman–Crippen MR) is 69.0 cm³/mol. The quantitative estimate of drug-likeness (QED) is 0.881.